The van der Waals surface area contributed by atoms with Gasteiger partial charge in [0.05, 0.1) is 7.11 Å². The van der Waals surface area contributed by atoms with Gasteiger partial charge in [0.2, 0.25) is 5.95 Å². The van der Waals surface area contributed by atoms with E-state index in [-0.39, 0.29) is 0 Å². The molecule has 0 fully saturated rings. The molecule has 2 rings (SSSR count). The molecule has 0 radical (unpaired) electrons. The summed E-state index contributed by atoms with van der Waals surface area (Å²) in [5.74, 6) is 1.15. The average molecular weight is 238 g/mol. The molecule has 1 aromatic heterocycles. The second-order valence-electron chi connectivity index (χ2n) is 3.40. The number of hydrogen-bond donors (Lipinski definition) is 1. The van der Waals surface area contributed by atoms with Gasteiger partial charge in [-0.3, -0.25) is 0 Å². The van der Waals surface area contributed by atoms with Crippen LogP contribution in [0.4, 0.5) is 5.95 Å². The van der Waals surface area contributed by atoms with Gasteiger partial charge in [-0.1, -0.05) is 23.7 Å². The number of nitrogens with zero attached hydrogens (tertiary/aromatic N) is 2. The molecule has 16 heavy (non-hydrogen) atoms. The van der Waals surface area contributed by atoms with Crippen LogP contribution in [0.3, 0.4) is 0 Å². The van der Waals surface area contributed by atoms with E-state index in [2.05, 4.69) is 4.98 Å². The molecule has 0 saturated carbocycles. The number of ether oxygens (including phenoxy) is 1. The van der Waals surface area contributed by atoms with Crippen LogP contribution in [0.25, 0.3) is 11.3 Å². The zero-order valence-electron chi connectivity index (χ0n) is 9.07. The van der Waals surface area contributed by atoms with Crippen LogP contribution in [0.1, 0.15) is 0 Å². The zero-order valence-corrected chi connectivity index (χ0v) is 9.82. The standard InChI is InChI=1S/C11H12ClN3O/c1-15-10(12)9(14-11(15)13)7-4-3-5-8(6-7)16-2/h3-6H,1-2H3,(H2,13,14). The molecule has 84 valence electrons. The van der Waals surface area contributed by atoms with Gasteiger partial charge in [0.15, 0.2) is 0 Å². The number of anilines is 1. The minimum Gasteiger partial charge on any atom is -0.497 e. The molecule has 0 saturated heterocycles. The minimum atomic E-state index is 0.391. The lowest BCUT2D eigenvalue weighted by Gasteiger charge is -2.02. The van der Waals surface area contributed by atoms with E-state index in [1.807, 2.05) is 24.3 Å². The normalized spacial score (nSPS) is 10.4. The van der Waals surface area contributed by atoms with Crippen molar-refractivity contribution in [3.05, 3.63) is 29.4 Å². The second-order valence-corrected chi connectivity index (χ2v) is 3.76. The lowest BCUT2D eigenvalue weighted by Crippen LogP contribution is -1.96. The first-order valence-electron chi connectivity index (χ1n) is 4.75. The molecule has 0 aliphatic carbocycles. The molecule has 4 nitrogen and oxygen atoms in total. The summed E-state index contributed by atoms with van der Waals surface area (Å²) in [5.41, 5.74) is 7.24. The first kappa shape index (κ1) is 10.8. The Labute approximate surface area is 98.6 Å². The van der Waals surface area contributed by atoms with E-state index in [0.29, 0.717) is 16.8 Å². The fourth-order valence-electron chi connectivity index (χ4n) is 1.45. The number of benzene rings is 1. The van der Waals surface area contributed by atoms with E-state index in [0.717, 1.165) is 11.3 Å². The molecular weight excluding hydrogens is 226 g/mol. The Morgan fingerprint density at radius 2 is 2.19 bits per heavy atom. The van der Waals surface area contributed by atoms with Crippen molar-refractivity contribution in [1.29, 1.82) is 0 Å². The Morgan fingerprint density at radius 3 is 2.75 bits per heavy atom. The van der Waals surface area contributed by atoms with Crippen LogP contribution < -0.4 is 10.5 Å². The van der Waals surface area contributed by atoms with Crippen molar-refractivity contribution < 1.29 is 4.74 Å². The SMILES string of the molecule is COc1cccc(-c2nc(N)n(C)c2Cl)c1. The van der Waals surface area contributed by atoms with Gasteiger partial charge >= 0.3 is 0 Å². The van der Waals surface area contributed by atoms with Crippen molar-refractivity contribution in [2.24, 2.45) is 7.05 Å². The monoisotopic (exact) mass is 237 g/mol. The molecule has 2 N–H and O–H groups in total. The maximum Gasteiger partial charge on any atom is 0.201 e. The van der Waals surface area contributed by atoms with E-state index in [4.69, 9.17) is 22.1 Å². The van der Waals surface area contributed by atoms with Gasteiger partial charge in [0, 0.05) is 12.6 Å². The second kappa shape index (κ2) is 4.06. The van der Waals surface area contributed by atoms with Crippen LogP contribution in [-0.2, 0) is 7.05 Å². The number of methoxy groups -OCH3 is 1. The topological polar surface area (TPSA) is 53.1 Å². The highest BCUT2D eigenvalue weighted by atomic mass is 35.5. The van der Waals surface area contributed by atoms with Gasteiger partial charge in [0.25, 0.3) is 0 Å². The van der Waals surface area contributed by atoms with Crippen LogP contribution in [0.15, 0.2) is 24.3 Å². The zero-order chi connectivity index (χ0) is 11.7. The Kier molecular flexibility index (Phi) is 2.75. The summed E-state index contributed by atoms with van der Waals surface area (Å²) < 4.78 is 6.78. The summed E-state index contributed by atoms with van der Waals surface area (Å²) in [6, 6.07) is 7.53. The summed E-state index contributed by atoms with van der Waals surface area (Å²) in [7, 11) is 3.39. The number of nitrogen functional groups attached to an aromatic ring is 1. The largest absolute Gasteiger partial charge is 0.497 e. The number of aromatic nitrogens is 2. The van der Waals surface area contributed by atoms with Gasteiger partial charge in [-0.15, -0.1) is 0 Å². The number of nitrogens with two attached hydrogens (primary N) is 1. The quantitative estimate of drug-likeness (QED) is 0.872. The maximum atomic E-state index is 6.12. The molecule has 0 spiro atoms. The van der Waals surface area contributed by atoms with Gasteiger partial charge in [-0.05, 0) is 12.1 Å². The molecule has 1 aromatic carbocycles. The van der Waals surface area contributed by atoms with E-state index >= 15 is 0 Å². The van der Waals surface area contributed by atoms with Crippen molar-refractivity contribution in [2.45, 2.75) is 0 Å². The van der Waals surface area contributed by atoms with E-state index in [1.54, 1.807) is 18.7 Å². The van der Waals surface area contributed by atoms with Crippen molar-refractivity contribution in [2.75, 3.05) is 12.8 Å². The summed E-state index contributed by atoms with van der Waals surface area (Å²) >= 11 is 6.12. The predicted molar refractivity (Wildman–Crippen MR) is 64.6 cm³/mol. The van der Waals surface area contributed by atoms with Crippen LogP contribution in [0.5, 0.6) is 5.75 Å². The lowest BCUT2D eigenvalue weighted by molar-refractivity contribution is 0.415. The van der Waals surface area contributed by atoms with Crippen molar-refractivity contribution in [3.8, 4) is 17.0 Å². The molecule has 0 amide bonds. The van der Waals surface area contributed by atoms with Gasteiger partial charge < -0.3 is 15.0 Å². The Morgan fingerprint density at radius 1 is 1.44 bits per heavy atom. The van der Waals surface area contributed by atoms with Crippen LogP contribution in [0, 0.1) is 0 Å². The number of imidazole rings is 1. The smallest absolute Gasteiger partial charge is 0.201 e. The van der Waals surface area contributed by atoms with Crippen LogP contribution in [0.2, 0.25) is 5.15 Å². The van der Waals surface area contributed by atoms with E-state index in [1.165, 1.54) is 0 Å². The highest BCUT2D eigenvalue weighted by molar-refractivity contribution is 6.32. The van der Waals surface area contributed by atoms with Gasteiger partial charge in [-0.25, -0.2) is 4.98 Å². The summed E-state index contributed by atoms with van der Waals surface area (Å²) in [6.07, 6.45) is 0. The van der Waals surface area contributed by atoms with Crippen molar-refractivity contribution >= 4 is 17.5 Å². The fourth-order valence-corrected chi connectivity index (χ4v) is 1.69. The lowest BCUT2D eigenvalue weighted by atomic mass is 10.1. The molecular formula is C11H12ClN3O. The Bertz CT molecular complexity index is 522. The van der Waals surface area contributed by atoms with Crippen LogP contribution >= 0.6 is 11.6 Å². The van der Waals surface area contributed by atoms with Crippen molar-refractivity contribution in [1.82, 2.24) is 9.55 Å². The summed E-state index contributed by atoms with van der Waals surface area (Å²) in [5, 5.41) is 0.519. The highest BCUT2D eigenvalue weighted by Crippen LogP contribution is 2.30. The number of halogens is 1. The third-order valence-electron chi connectivity index (χ3n) is 2.40. The Balaban J connectivity index is 2.54. The minimum absolute atomic E-state index is 0.391. The fraction of sp³-hybridized carbons (Fsp3) is 0.182. The molecule has 0 aliphatic heterocycles. The Hall–Kier alpha value is -1.68. The predicted octanol–water partition coefficient (Wildman–Crippen LogP) is 2.33. The first-order chi connectivity index (χ1) is 7.63. The first-order valence-corrected chi connectivity index (χ1v) is 5.13. The van der Waals surface area contributed by atoms with Crippen molar-refractivity contribution in [3.63, 3.8) is 0 Å². The third kappa shape index (κ3) is 1.72. The molecule has 0 aliphatic rings. The highest BCUT2D eigenvalue weighted by Gasteiger charge is 2.12. The summed E-state index contributed by atoms with van der Waals surface area (Å²) in [4.78, 5) is 4.21. The van der Waals surface area contributed by atoms with Gasteiger partial charge in [0.1, 0.15) is 16.6 Å². The summed E-state index contributed by atoms with van der Waals surface area (Å²) in [6.45, 7) is 0. The molecule has 5 heteroatoms. The number of rotatable bonds is 2. The maximum absolute atomic E-state index is 6.12. The molecule has 0 bridgehead atoms. The third-order valence-corrected chi connectivity index (χ3v) is 2.84. The molecule has 0 atom stereocenters. The number of hydrogen-bond acceptors (Lipinski definition) is 3. The molecule has 2 aromatic rings. The van der Waals surface area contributed by atoms with Crippen LogP contribution in [-0.4, -0.2) is 16.7 Å². The van der Waals surface area contributed by atoms with E-state index < -0.39 is 0 Å². The molecule has 1 heterocycles. The average Bonchev–Trinajstić information content (AvgIpc) is 2.57. The molecule has 0 unspecified atom stereocenters. The van der Waals surface area contributed by atoms with E-state index in [9.17, 15) is 0 Å². The van der Waals surface area contributed by atoms with Gasteiger partial charge in [-0.2, -0.15) is 0 Å².